The standard InChI is InChI=1S/C21H18N6O/c28-21(25-17-11-5-7-14-6-1-2-8-15(14)17)19-24-18-10-4-3-9-16(18)20(26-19)27-13-22-12-23-27/h1-4,6,8-10,12-13,17H,5,7,11H2,(H,25,28). The van der Waals surface area contributed by atoms with Crippen molar-refractivity contribution in [3.8, 4) is 5.82 Å². The van der Waals surface area contributed by atoms with Crippen LogP contribution in [-0.2, 0) is 6.42 Å². The van der Waals surface area contributed by atoms with Gasteiger partial charge in [-0.3, -0.25) is 4.79 Å². The van der Waals surface area contributed by atoms with Crippen LogP contribution in [0.25, 0.3) is 16.7 Å². The summed E-state index contributed by atoms with van der Waals surface area (Å²) in [6.07, 6.45) is 6.01. The summed E-state index contributed by atoms with van der Waals surface area (Å²) >= 11 is 0. The first-order valence-electron chi connectivity index (χ1n) is 9.30. The van der Waals surface area contributed by atoms with Crippen LogP contribution in [0.15, 0.2) is 61.2 Å². The molecule has 2 aromatic carbocycles. The minimum Gasteiger partial charge on any atom is -0.343 e. The monoisotopic (exact) mass is 370 g/mol. The van der Waals surface area contributed by atoms with E-state index in [1.165, 1.54) is 17.5 Å². The summed E-state index contributed by atoms with van der Waals surface area (Å²) in [6.45, 7) is 0. The maximum atomic E-state index is 13.0. The minimum atomic E-state index is -0.283. The topological polar surface area (TPSA) is 85.6 Å². The number of aromatic nitrogens is 5. The Labute approximate surface area is 161 Å². The number of carbonyl (C=O) groups is 1. The van der Waals surface area contributed by atoms with Crippen molar-refractivity contribution in [2.24, 2.45) is 0 Å². The number of hydrogen-bond acceptors (Lipinski definition) is 5. The van der Waals surface area contributed by atoms with Gasteiger partial charge in [0.25, 0.3) is 5.91 Å². The average Bonchev–Trinajstić information content (AvgIpc) is 3.28. The first-order chi connectivity index (χ1) is 13.8. The molecule has 1 N–H and O–H groups in total. The molecule has 0 radical (unpaired) electrons. The molecule has 1 unspecified atom stereocenters. The largest absolute Gasteiger partial charge is 0.343 e. The van der Waals surface area contributed by atoms with Crippen molar-refractivity contribution in [1.29, 1.82) is 0 Å². The van der Waals surface area contributed by atoms with Gasteiger partial charge in [0.2, 0.25) is 5.82 Å². The van der Waals surface area contributed by atoms with E-state index in [1.807, 2.05) is 36.4 Å². The summed E-state index contributed by atoms with van der Waals surface area (Å²) in [4.78, 5) is 26.0. The van der Waals surface area contributed by atoms with Gasteiger partial charge in [0, 0.05) is 5.39 Å². The summed E-state index contributed by atoms with van der Waals surface area (Å²) in [6, 6.07) is 15.8. The van der Waals surface area contributed by atoms with Gasteiger partial charge in [-0.25, -0.2) is 19.6 Å². The summed E-state index contributed by atoms with van der Waals surface area (Å²) in [5.74, 6) is 0.387. The molecule has 7 nitrogen and oxygen atoms in total. The van der Waals surface area contributed by atoms with Gasteiger partial charge >= 0.3 is 0 Å². The van der Waals surface area contributed by atoms with E-state index in [0.29, 0.717) is 11.3 Å². The van der Waals surface area contributed by atoms with E-state index >= 15 is 0 Å². The number of aryl methyl sites for hydroxylation is 1. The van der Waals surface area contributed by atoms with Gasteiger partial charge in [-0.05, 0) is 42.5 Å². The summed E-state index contributed by atoms with van der Waals surface area (Å²) in [5, 5.41) is 8.10. The van der Waals surface area contributed by atoms with Gasteiger partial charge in [-0.15, -0.1) is 0 Å². The third-order valence-corrected chi connectivity index (χ3v) is 5.10. The van der Waals surface area contributed by atoms with Crippen LogP contribution in [0, 0.1) is 0 Å². The fraction of sp³-hybridized carbons (Fsp3) is 0.190. The molecular weight excluding hydrogens is 352 g/mol. The molecule has 1 amide bonds. The highest BCUT2D eigenvalue weighted by molar-refractivity contribution is 5.95. The van der Waals surface area contributed by atoms with Gasteiger partial charge < -0.3 is 5.32 Å². The van der Waals surface area contributed by atoms with E-state index in [9.17, 15) is 4.79 Å². The second-order valence-electron chi connectivity index (χ2n) is 6.85. The van der Waals surface area contributed by atoms with Crippen molar-refractivity contribution in [1.82, 2.24) is 30.0 Å². The molecule has 28 heavy (non-hydrogen) atoms. The van der Waals surface area contributed by atoms with E-state index in [-0.39, 0.29) is 17.8 Å². The smallest absolute Gasteiger partial charge is 0.289 e. The SMILES string of the molecule is O=C(NC1CCCc2ccccc21)c1nc(-n2cncn2)c2ccccc2n1. The van der Waals surface area contributed by atoms with Gasteiger partial charge in [0.1, 0.15) is 12.7 Å². The average molecular weight is 370 g/mol. The number of para-hydroxylation sites is 1. The van der Waals surface area contributed by atoms with E-state index in [1.54, 1.807) is 11.0 Å². The maximum absolute atomic E-state index is 13.0. The van der Waals surface area contributed by atoms with E-state index in [0.717, 1.165) is 24.6 Å². The molecule has 0 spiro atoms. The van der Waals surface area contributed by atoms with Gasteiger partial charge in [0.15, 0.2) is 5.82 Å². The van der Waals surface area contributed by atoms with Crippen LogP contribution >= 0.6 is 0 Å². The third kappa shape index (κ3) is 2.90. The van der Waals surface area contributed by atoms with Gasteiger partial charge in [0.05, 0.1) is 11.6 Å². The van der Waals surface area contributed by atoms with Gasteiger partial charge in [-0.2, -0.15) is 5.10 Å². The minimum absolute atomic E-state index is 0.0256. The first-order valence-corrected chi connectivity index (χ1v) is 9.30. The second-order valence-corrected chi connectivity index (χ2v) is 6.85. The molecule has 2 heterocycles. The lowest BCUT2D eigenvalue weighted by Crippen LogP contribution is -2.32. The highest BCUT2D eigenvalue weighted by atomic mass is 16.2. The predicted octanol–water partition coefficient (Wildman–Crippen LogP) is 3.02. The number of nitrogens with zero attached hydrogens (tertiary/aromatic N) is 5. The van der Waals surface area contributed by atoms with Crippen LogP contribution in [0.3, 0.4) is 0 Å². The van der Waals surface area contributed by atoms with Crippen molar-refractivity contribution < 1.29 is 4.79 Å². The maximum Gasteiger partial charge on any atom is 0.289 e. The molecule has 4 aromatic rings. The zero-order chi connectivity index (χ0) is 18.9. The zero-order valence-electron chi connectivity index (χ0n) is 15.1. The van der Waals surface area contributed by atoms with Crippen LogP contribution < -0.4 is 5.32 Å². The van der Waals surface area contributed by atoms with Crippen molar-refractivity contribution in [2.75, 3.05) is 0 Å². The Morgan fingerprint density at radius 1 is 1.07 bits per heavy atom. The number of amides is 1. The number of carbonyl (C=O) groups excluding carboxylic acids is 1. The molecule has 1 aliphatic rings. The summed E-state index contributed by atoms with van der Waals surface area (Å²) in [5.41, 5.74) is 3.17. The summed E-state index contributed by atoms with van der Waals surface area (Å²) < 4.78 is 1.55. The van der Waals surface area contributed by atoms with Crippen molar-refractivity contribution >= 4 is 16.8 Å². The lowest BCUT2D eigenvalue weighted by atomic mass is 9.88. The molecule has 5 rings (SSSR count). The Morgan fingerprint density at radius 3 is 2.82 bits per heavy atom. The highest BCUT2D eigenvalue weighted by Gasteiger charge is 2.24. The number of rotatable bonds is 3. The lowest BCUT2D eigenvalue weighted by molar-refractivity contribution is 0.0922. The molecule has 1 atom stereocenters. The van der Waals surface area contributed by atoms with E-state index in [2.05, 4.69) is 37.5 Å². The number of hydrogen-bond donors (Lipinski definition) is 1. The molecule has 2 aromatic heterocycles. The van der Waals surface area contributed by atoms with E-state index in [4.69, 9.17) is 0 Å². The van der Waals surface area contributed by atoms with Crippen LogP contribution in [0.5, 0.6) is 0 Å². The van der Waals surface area contributed by atoms with E-state index < -0.39 is 0 Å². The van der Waals surface area contributed by atoms with Crippen molar-refractivity contribution in [2.45, 2.75) is 25.3 Å². The normalized spacial score (nSPS) is 15.9. The Morgan fingerprint density at radius 2 is 1.93 bits per heavy atom. The van der Waals surface area contributed by atoms with Crippen LogP contribution in [0.2, 0.25) is 0 Å². The second kappa shape index (κ2) is 6.84. The number of benzene rings is 2. The highest BCUT2D eigenvalue weighted by Crippen LogP contribution is 2.29. The van der Waals surface area contributed by atoms with Crippen LogP contribution in [-0.4, -0.2) is 30.6 Å². The molecule has 0 saturated carbocycles. The molecule has 7 heteroatoms. The Hall–Kier alpha value is -3.61. The fourth-order valence-corrected chi connectivity index (χ4v) is 3.78. The number of nitrogens with one attached hydrogen (secondary N) is 1. The molecule has 0 saturated heterocycles. The molecule has 0 bridgehead atoms. The number of fused-ring (bicyclic) bond motifs is 2. The zero-order valence-corrected chi connectivity index (χ0v) is 15.1. The third-order valence-electron chi connectivity index (χ3n) is 5.10. The van der Waals surface area contributed by atoms with Crippen LogP contribution in [0.4, 0.5) is 0 Å². The Balaban J connectivity index is 1.52. The van der Waals surface area contributed by atoms with Crippen molar-refractivity contribution in [3.05, 3.63) is 78.1 Å². The van der Waals surface area contributed by atoms with Crippen LogP contribution in [0.1, 0.15) is 40.6 Å². The fourth-order valence-electron chi connectivity index (χ4n) is 3.78. The Kier molecular flexibility index (Phi) is 4.05. The van der Waals surface area contributed by atoms with Crippen molar-refractivity contribution in [3.63, 3.8) is 0 Å². The summed E-state index contributed by atoms with van der Waals surface area (Å²) in [7, 11) is 0. The molecule has 1 aliphatic carbocycles. The molecule has 138 valence electrons. The quantitative estimate of drug-likeness (QED) is 0.599. The molecule has 0 aliphatic heterocycles. The lowest BCUT2D eigenvalue weighted by Gasteiger charge is -2.26. The van der Waals surface area contributed by atoms with Gasteiger partial charge in [-0.1, -0.05) is 36.4 Å². The molecular formula is C21H18N6O. The molecule has 0 fully saturated rings. The first kappa shape index (κ1) is 16.6. The Bertz CT molecular complexity index is 1150. The predicted molar refractivity (Wildman–Crippen MR) is 104 cm³/mol.